The lowest BCUT2D eigenvalue weighted by Gasteiger charge is -2.18. The molecular formula is C13H18BrN. The first-order valence-electron chi connectivity index (χ1n) is 5.77. The zero-order valence-corrected chi connectivity index (χ0v) is 10.8. The van der Waals surface area contributed by atoms with Gasteiger partial charge in [-0.05, 0) is 49.6 Å². The van der Waals surface area contributed by atoms with E-state index >= 15 is 0 Å². The molecule has 82 valence electrons. The molecule has 1 saturated heterocycles. The van der Waals surface area contributed by atoms with Crippen LogP contribution in [0.3, 0.4) is 0 Å². The molecule has 0 saturated carbocycles. The fraction of sp³-hybridized carbons (Fsp3) is 0.538. The van der Waals surface area contributed by atoms with Gasteiger partial charge in [-0.3, -0.25) is 0 Å². The van der Waals surface area contributed by atoms with Crippen molar-refractivity contribution >= 4 is 15.9 Å². The van der Waals surface area contributed by atoms with Gasteiger partial charge in [-0.25, -0.2) is 0 Å². The number of rotatable bonds is 1. The number of benzene rings is 1. The van der Waals surface area contributed by atoms with Gasteiger partial charge in [0.05, 0.1) is 0 Å². The van der Waals surface area contributed by atoms with Gasteiger partial charge in [-0.2, -0.15) is 0 Å². The smallest absolute Gasteiger partial charge is 0.0322 e. The second kappa shape index (κ2) is 5.13. The van der Waals surface area contributed by atoms with Crippen LogP contribution in [0.5, 0.6) is 0 Å². The molecule has 1 atom stereocenters. The molecule has 1 heterocycles. The molecule has 0 spiro atoms. The van der Waals surface area contributed by atoms with Crippen molar-refractivity contribution in [1.29, 1.82) is 0 Å². The summed E-state index contributed by atoms with van der Waals surface area (Å²) in [5.41, 5.74) is 2.86. The summed E-state index contributed by atoms with van der Waals surface area (Å²) >= 11 is 3.52. The van der Waals surface area contributed by atoms with Crippen LogP contribution in [0.25, 0.3) is 0 Å². The average Bonchev–Trinajstić information content (AvgIpc) is 2.46. The maximum absolute atomic E-state index is 3.64. The maximum atomic E-state index is 3.64. The second-order valence-electron chi connectivity index (χ2n) is 4.36. The Bertz CT molecular complexity index is 327. The summed E-state index contributed by atoms with van der Waals surface area (Å²) in [6.45, 7) is 3.37. The van der Waals surface area contributed by atoms with Gasteiger partial charge in [0.1, 0.15) is 0 Å². The Morgan fingerprint density at radius 3 is 2.93 bits per heavy atom. The van der Waals surface area contributed by atoms with Gasteiger partial charge in [0.2, 0.25) is 0 Å². The molecule has 0 aliphatic carbocycles. The van der Waals surface area contributed by atoms with E-state index in [1.165, 1.54) is 47.8 Å². The van der Waals surface area contributed by atoms with E-state index < -0.39 is 0 Å². The number of hydrogen-bond donors (Lipinski definition) is 1. The molecule has 1 N–H and O–H groups in total. The third-order valence-corrected chi connectivity index (χ3v) is 3.66. The molecule has 1 aromatic carbocycles. The summed E-state index contributed by atoms with van der Waals surface area (Å²) in [5, 5.41) is 3.64. The highest BCUT2D eigenvalue weighted by molar-refractivity contribution is 9.10. The van der Waals surface area contributed by atoms with Crippen molar-refractivity contribution in [3.63, 3.8) is 0 Å². The lowest BCUT2D eigenvalue weighted by molar-refractivity contribution is 0.532. The largest absolute Gasteiger partial charge is 0.310 e. The van der Waals surface area contributed by atoms with Crippen LogP contribution in [0.4, 0.5) is 0 Å². The van der Waals surface area contributed by atoms with Gasteiger partial charge in [0, 0.05) is 10.5 Å². The van der Waals surface area contributed by atoms with E-state index in [2.05, 4.69) is 46.4 Å². The van der Waals surface area contributed by atoms with Gasteiger partial charge < -0.3 is 5.32 Å². The summed E-state index contributed by atoms with van der Waals surface area (Å²) in [6, 6.07) is 7.18. The van der Waals surface area contributed by atoms with E-state index in [0.29, 0.717) is 6.04 Å². The lowest BCUT2D eigenvalue weighted by Crippen LogP contribution is -2.20. The highest BCUT2D eigenvalue weighted by atomic mass is 79.9. The van der Waals surface area contributed by atoms with E-state index in [1.807, 2.05) is 0 Å². The number of nitrogens with one attached hydrogen (secondary N) is 1. The van der Waals surface area contributed by atoms with E-state index in [-0.39, 0.29) is 0 Å². The third kappa shape index (κ3) is 2.82. The molecule has 2 rings (SSSR count). The minimum Gasteiger partial charge on any atom is -0.310 e. The Morgan fingerprint density at radius 1 is 1.27 bits per heavy atom. The molecule has 15 heavy (non-hydrogen) atoms. The molecule has 0 radical (unpaired) electrons. The molecule has 1 aliphatic rings. The normalized spacial score (nSPS) is 22.4. The molecule has 1 aliphatic heterocycles. The van der Waals surface area contributed by atoms with Crippen LogP contribution in [-0.4, -0.2) is 6.54 Å². The standard InChI is InChI=1S/C13H18BrN/c1-10-9-11(14)6-7-12(10)13-5-3-2-4-8-15-13/h6-7,9,13,15H,2-5,8H2,1H3. The minimum atomic E-state index is 0.570. The van der Waals surface area contributed by atoms with Gasteiger partial charge in [-0.1, -0.05) is 34.8 Å². The molecule has 1 aromatic rings. The molecular weight excluding hydrogens is 250 g/mol. The highest BCUT2D eigenvalue weighted by Gasteiger charge is 2.15. The van der Waals surface area contributed by atoms with Crippen molar-refractivity contribution < 1.29 is 0 Å². The zero-order valence-electron chi connectivity index (χ0n) is 9.22. The van der Waals surface area contributed by atoms with Crippen LogP contribution in [0.2, 0.25) is 0 Å². The second-order valence-corrected chi connectivity index (χ2v) is 5.27. The maximum Gasteiger partial charge on any atom is 0.0322 e. The Kier molecular flexibility index (Phi) is 3.81. The summed E-state index contributed by atoms with van der Waals surface area (Å²) in [5.74, 6) is 0. The quantitative estimate of drug-likeness (QED) is 0.812. The number of aryl methyl sites for hydroxylation is 1. The van der Waals surface area contributed by atoms with E-state index in [9.17, 15) is 0 Å². The summed E-state index contributed by atoms with van der Waals surface area (Å²) in [4.78, 5) is 0. The van der Waals surface area contributed by atoms with Crippen molar-refractivity contribution in [2.24, 2.45) is 0 Å². The molecule has 1 fully saturated rings. The first kappa shape index (κ1) is 11.2. The monoisotopic (exact) mass is 267 g/mol. The van der Waals surface area contributed by atoms with Crippen LogP contribution in [0.1, 0.15) is 42.9 Å². The van der Waals surface area contributed by atoms with E-state index in [4.69, 9.17) is 0 Å². The predicted molar refractivity (Wildman–Crippen MR) is 68.1 cm³/mol. The average molecular weight is 268 g/mol. The van der Waals surface area contributed by atoms with Crippen molar-refractivity contribution in [3.05, 3.63) is 33.8 Å². The minimum absolute atomic E-state index is 0.570. The van der Waals surface area contributed by atoms with Crippen molar-refractivity contribution in [2.45, 2.75) is 38.6 Å². The van der Waals surface area contributed by atoms with Crippen LogP contribution in [-0.2, 0) is 0 Å². The lowest BCUT2D eigenvalue weighted by atomic mass is 9.98. The van der Waals surface area contributed by atoms with Crippen molar-refractivity contribution in [3.8, 4) is 0 Å². The predicted octanol–water partition coefficient (Wildman–Crippen LogP) is 3.96. The van der Waals surface area contributed by atoms with Crippen LogP contribution in [0, 0.1) is 6.92 Å². The van der Waals surface area contributed by atoms with E-state index in [1.54, 1.807) is 0 Å². The van der Waals surface area contributed by atoms with Gasteiger partial charge in [0.15, 0.2) is 0 Å². The number of hydrogen-bond acceptors (Lipinski definition) is 1. The summed E-state index contributed by atoms with van der Waals surface area (Å²) in [6.07, 6.45) is 5.33. The Hall–Kier alpha value is -0.340. The van der Waals surface area contributed by atoms with E-state index in [0.717, 1.165) is 0 Å². The fourth-order valence-corrected chi connectivity index (χ4v) is 2.80. The van der Waals surface area contributed by atoms with Crippen LogP contribution in [0.15, 0.2) is 22.7 Å². The molecule has 0 bridgehead atoms. The molecule has 2 heteroatoms. The molecule has 0 aromatic heterocycles. The fourth-order valence-electron chi connectivity index (χ4n) is 2.32. The first-order valence-corrected chi connectivity index (χ1v) is 6.56. The van der Waals surface area contributed by atoms with Crippen molar-refractivity contribution in [2.75, 3.05) is 6.54 Å². The first-order chi connectivity index (χ1) is 7.27. The van der Waals surface area contributed by atoms with Crippen LogP contribution < -0.4 is 5.32 Å². The Labute approximate surface area is 100 Å². The number of halogens is 1. The molecule has 0 amide bonds. The molecule has 1 nitrogen and oxygen atoms in total. The topological polar surface area (TPSA) is 12.0 Å². The third-order valence-electron chi connectivity index (χ3n) is 3.17. The van der Waals surface area contributed by atoms with Gasteiger partial charge in [0.25, 0.3) is 0 Å². The highest BCUT2D eigenvalue weighted by Crippen LogP contribution is 2.27. The SMILES string of the molecule is Cc1cc(Br)ccc1C1CCCCCN1. The summed E-state index contributed by atoms with van der Waals surface area (Å²) < 4.78 is 1.18. The summed E-state index contributed by atoms with van der Waals surface area (Å²) in [7, 11) is 0. The van der Waals surface area contributed by atoms with Crippen molar-refractivity contribution in [1.82, 2.24) is 5.32 Å². The van der Waals surface area contributed by atoms with Crippen LogP contribution >= 0.6 is 15.9 Å². The zero-order chi connectivity index (χ0) is 10.7. The van der Waals surface area contributed by atoms with Gasteiger partial charge >= 0.3 is 0 Å². The Morgan fingerprint density at radius 2 is 2.13 bits per heavy atom. The van der Waals surface area contributed by atoms with Gasteiger partial charge in [-0.15, -0.1) is 0 Å². The molecule has 1 unspecified atom stereocenters. The Balaban J connectivity index is 2.19.